The maximum Gasteiger partial charge on any atom is 0.199 e. The lowest BCUT2D eigenvalue weighted by molar-refractivity contribution is 0.0961. The minimum Gasteiger partial charge on any atom is -0.376 e. The number of halogens is 1. The monoisotopic (exact) mass is 487 g/mol. The molecule has 0 aliphatic carbocycles. The fourth-order valence-electron chi connectivity index (χ4n) is 5.69. The standard InChI is InChI=1S/C26H38FN5OS/c27-23-9-7-22(8-10-23)25-28-32(26(34)31(25)19-24-6-5-17-33-24)20-30-15-11-21(12-16-30)18-29-13-3-1-2-4-14-29/h7-10,21,24H,1-6,11-20H2. The van der Waals surface area contributed by atoms with Crippen molar-refractivity contribution in [2.24, 2.45) is 5.92 Å². The SMILES string of the molecule is Fc1ccc(-c2nn(CN3CCC(CN4CCCCCC4)CC3)c(=S)n2CC2CCCO2)cc1. The van der Waals surface area contributed by atoms with E-state index in [1.165, 1.54) is 70.3 Å². The molecule has 3 saturated heterocycles. The summed E-state index contributed by atoms with van der Waals surface area (Å²) in [6.07, 6.45) is 10.3. The molecule has 1 aromatic heterocycles. The van der Waals surface area contributed by atoms with Crippen LogP contribution in [0.25, 0.3) is 11.4 Å². The van der Waals surface area contributed by atoms with Gasteiger partial charge >= 0.3 is 0 Å². The predicted octanol–water partition coefficient (Wildman–Crippen LogP) is 4.94. The van der Waals surface area contributed by atoms with Gasteiger partial charge in [0.25, 0.3) is 0 Å². The Hall–Kier alpha value is -1.61. The van der Waals surface area contributed by atoms with Gasteiger partial charge in [-0.05, 0) is 94.0 Å². The molecule has 2 aromatic rings. The summed E-state index contributed by atoms with van der Waals surface area (Å²) in [5.41, 5.74) is 0.889. The van der Waals surface area contributed by atoms with Crippen LogP contribution in [0.4, 0.5) is 4.39 Å². The van der Waals surface area contributed by atoms with E-state index in [1.54, 1.807) is 12.1 Å². The van der Waals surface area contributed by atoms with E-state index in [0.29, 0.717) is 13.2 Å². The highest BCUT2D eigenvalue weighted by Crippen LogP contribution is 2.24. The number of likely N-dealkylation sites (tertiary alicyclic amines) is 2. The highest BCUT2D eigenvalue weighted by atomic mass is 32.1. The third kappa shape index (κ3) is 5.96. The third-order valence-electron chi connectivity index (χ3n) is 7.69. The van der Waals surface area contributed by atoms with E-state index in [2.05, 4.69) is 14.4 Å². The molecule has 6 nitrogen and oxygen atoms in total. The van der Waals surface area contributed by atoms with Gasteiger partial charge in [0.2, 0.25) is 0 Å². The average molecular weight is 488 g/mol. The lowest BCUT2D eigenvalue weighted by Crippen LogP contribution is -2.40. The zero-order valence-electron chi connectivity index (χ0n) is 20.2. The fraction of sp³-hybridized carbons (Fsp3) is 0.692. The summed E-state index contributed by atoms with van der Waals surface area (Å²) in [6.45, 7) is 8.22. The second kappa shape index (κ2) is 11.4. The molecule has 0 radical (unpaired) electrons. The van der Waals surface area contributed by atoms with Crippen molar-refractivity contribution in [1.82, 2.24) is 24.1 Å². The summed E-state index contributed by atoms with van der Waals surface area (Å²) in [7, 11) is 0. The zero-order valence-corrected chi connectivity index (χ0v) is 21.0. The summed E-state index contributed by atoms with van der Waals surface area (Å²) in [4.78, 5) is 5.18. The number of ether oxygens (including phenoxy) is 1. The maximum atomic E-state index is 13.5. The maximum absolute atomic E-state index is 13.5. The molecule has 0 spiro atoms. The molecule has 1 atom stereocenters. The number of benzene rings is 1. The molecule has 8 heteroatoms. The van der Waals surface area contributed by atoms with Gasteiger partial charge in [-0.25, -0.2) is 9.07 Å². The topological polar surface area (TPSA) is 38.5 Å². The minimum absolute atomic E-state index is 0.165. The van der Waals surface area contributed by atoms with Gasteiger partial charge in [0.15, 0.2) is 10.6 Å². The number of piperidine rings is 1. The summed E-state index contributed by atoms with van der Waals surface area (Å²) in [5, 5.41) is 4.92. The molecule has 186 valence electrons. The van der Waals surface area contributed by atoms with E-state index in [9.17, 15) is 4.39 Å². The first-order valence-corrected chi connectivity index (χ1v) is 13.6. The van der Waals surface area contributed by atoms with Crippen LogP contribution in [0.2, 0.25) is 0 Å². The Morgan fingerprint density at radius 2 is 1.62 bits per heavy atom. The van der Waals surface area contributed by atoms with Gasteiger partial charge in [-0.1, -0.05) is 12.8 Å². The van der Waals surface area contributed by atoms with Gasteiger partial charge in [0.05, 0.1) is 19.3 Å². The van der Waals surface area contributed by atoms with E-state index in [1.807, 2.05) is 4.68 Å². The molecular weight excluding hydrogens is 449 g/mol. The number of rotatable bonds is 7. The molecule has 0 saturated carbocycles. The predicted molar refractivity (Wildman–Crippen MR) is 135 cm³/mol. The number of hydrogen-bond donors (Lipinski definition) is 0. The summed E-state index contributed by atoms with van der Waals surface area (Å²) in [5.74, 6) is 1.36. The van der Waals surface area contributed by atoms with Gasteiger partial charge in [0, 0.05) is 31.8 Å². The summed E-state index contributed by atoms with van der Waals surface area (Å²) < 4.78 is 24.2. The summed E-state index contributed by atoms with van der Waals surface area (Å²) in [6, 6.07) is 6.56. The molecule has 0 N–H and O–H groups in total. The smallest absolute Gasteiger partial charge is 0.199 e. The van der Waals surface area contributed by atoms with Crippen molar-refractivity contribution in [2.75, 3.05) is 39.3 Å². The molecule has 3 fully saturated rings. The molecule has 5 rings (SSSR count). The van der Waals surface area contributed by atoms with Gasteiger partial charge in [-0.15, -0.1) is 0 Å². The first-order chi connectivity index (χ1) is 16.7. The van der Waals surface area contributed by atoms with E-state index >= 15 is 0 Å². The van der Waals surface area contributed by atoms with Crippen LogP contribution in [0.5, 0.6) is 0 Å². The summed E-state index contributed by atoms with van der Waals surface area (Å²) >= 11 is 5.89. The molecule has 34 heavy (non-hydrogen) atoms. The number of nitrogens with zero attached hydrogens (tertiary/aromatic N) is 5. The number of aromatic nitrogens is 3. The third-order valence-corrected chi connectivity index (χ3v) is 8.12. The van der Waals surface area contributed by atoms with Crippen LogP contribution in [0.1, 0.15) is 51.4 Å². The lowest BCUT2D eigenvalue weighted by Gasteiger charge is -2.34. The van der Waals surface area contributed by atoms with Crippen LogP contribution in [0, 0.1) is 16.5 Å². The highest BCUT2D eigenvalue weighted by Gasteiger charge is 2.24. The van der Waals surface area contributed by atoms with Gasteiger partial charge in [-0.2, -0.15) is 5.10 Å². The normalized spacial score (nSPS) is 23.4. The van der Waals surface area contributed by atoms with Crippen molar-refractivity contribution in [3.63, 3.8) is 0 Å². The molecule has 1 unspecified atom stereocenters. The van der Waals surface area contributed by atoms with E-state index in [4.69, 9.17) is 22.1 Å². The van der Waals surface area contributed by atoms with Crippen molar-refractivity contribution in [3.8, 4) is 11.4 Å². The van der Waals surface area contributed by atoms with Crippen molar-refractivity contribution in [2.45, 2.75) is 70.7 Å². The average Bonchev–Trinajstić information content (AvgIpc) is 3.37. The van der Waals surface area contributed by atoms with Gasteiger partial charge < -0.3 is 9.64 Å². The van der Waals surface area contributed by atoms with Crippen molar-refractivity contribution >= 4 is 12.2 Å². The largest absolute Gasteiger partial charge is 0.376 e. The van der Waals surface area contributed by atoms with Gasteiger partial charge in [-0.3, -0.25) is 9.47 Å². The zero-order chi connectivity index (χ0) is 23.3. The van der Waals surface area contributed by atoms with Crippen molar-refractivity contribution in [3.05, 3.63) is 34.9 Å². The van der Waals surface area contributed by atoms with Gasteiger partial charge in [0.1, 0.15) is 5.82 Å². The Labute approximate surface area is 207 Å². The molecular formula is C26H38FN5OS. The minimum atomic E-state index is -0.240. The van der Waals surface area contributed by atoms with Crippen LogP contribution >= 0.6 is 12.2 Å². The molecule has 1 aromatic carbocycles. The fourth-order valence-corrected chi connectivity index (χ4v) is 5.95. The first kappa shape index (κ1) is 24.1. The van der Waals surface area contributed by atoms with Crippen LogP contribution in [-0.2, 0) is 18.0 Å². The molecule has 3 aliphatic rings. The molecule has 4 heterocycles. The van der Waals surface area contributed by atoms with Crippen LogP contribution in [0.15, 0.2) is 24.3 Å². The Kier molecular flexibility index (Phi) is 8.09. The van der Waals surface area contributed by atoms with Crippen LogP contribution < -0.4 is 0 Å². The first-order valence-electron chi connectivity index (χ1n) is 13.2. The second-order valence-corrected chi connectivity index (χ2v) is 10.6. The van der Waals surface area contributed by atoms with Crippen molar-refractivity contribution in [1.29, 1.82) is 0 Å². The Balaban J connectivity index is 1.25. The van der Waals surface area contributed by atoms with E-state index < -0.39 is 0 Å². The Bertz CT molecular complexity index is 968. The Morgan fingerprint density at radius 3 is 2.29 bits per heavy atom. The van der Waals surface area contributed by atoms with Crippen molar-refractivity contribution < 1.29 is 9.13 Å². The number of hydrogen-bond acceptors (Lipinski definition) is 5. The molecule has 0 amide bonds. The van der Waals surface area contributed by atoms with E-state index in [-0.39, 0.29) is 11.9 Å². The molecule has 0 bridgehead atoms. The second-order valence-electron chi connectivity index (χ2n) is 10.3. The quantitative estimate of drug-likeness (QED) is 0.517. The van der Waals surface area contributed by atoms with Crippen LogP contribution in [-0.4, -0.2) is 69.6 Å². The lowest BCUT2D eigenvalue weighted by atomic mass is 9.96. The van der Waals surface area contributed by atoms with Crippen LogP contribution in [0.3, 0.4) is 0 Å². The molecule has 3 aliphatic heterocycles. The van der Waals surface area contributed by atoms with E-state index in [0.717, 1.165) is 54.6 Å². The highest BCUT2D eigenvalue weighted by molar-refractivity contribution is 7.71. The Morgan fingerprint density at radius 1 is 0.882 bits per heavy atom.